The number of benzene rings is 1. The van der Waals surface area contributed by atoms with E-state index < -0.39 is 10.0 Å². The first-order valence-corrected chi connectivity index (χ1v) is 6.66. The normalized spacial score (nSPS) is 10.4. The number of nitrogens with two attached hydrogens (primary N) is 1. The van der Waals surface area contributed by atoms with E-state index in [1.165, 1.54) is 43.5 Å². The van der Waals surface area contributed by atoms with E-state index in [2.05, 4.69) is 14.9 Å². The summed E-state index contributed by atoms with van der Waals surface area (Å²) in [5, 5.41) is 7.27. The molecule has 7 nitrogen and oxygen atoms in total. The predicted octanol–water partition coefficient (Wildman–Crippen LogP) is -1.53. The van der Waals surface area contributed by atoms with Gasteiger partial charge in [-0.2, -0.15) is 0 Å². The van der Waals surface area contributed by atoms with Crippen LogP contribution in [0.25, 0.3) is 4.72 Å². The molecule has 0 fully saturated rings. The maximum Gasteiger partial charge on any atom is 1.00 e. The summed E-state index contributed by atoms with van der Waals surface area (Å²) in [7, 11) is -2.39. The van der Waals surface area contributed by atoms with Crippen molar-refractivity contribution in [1.29, 1.82) is 0 Å². The summed E-state index contributed by atoms with van der Waals surface area (Å²) in [4.78, 5) is 0.0410. The van der Waals surface area contributed by atoms with Gasteiger partial charge >= 0.3 is 29.6 Å². The number of anilines is 1. The largest absolute Gasteiger partial charge is 1.00 e. The van der Waals surface area contributed by atoms with Gasteiger partial charge in [0.25, 0.3) is 0 Å². The van der Waals surface area contributed by atoms with Crippen molar-refractivity contribution in [3.05, 3.63) is 41.1 Å². The zero-order valence-corrected chi connectivity index (χ0v) is 13.8. The summed E-state index contributed by atoms with van der Waals surface area (Å²) in [5.74, 6) is 0.265. The molecule has 0 saturated carbocycles. The Kier molecular flexibility index (Phi) is 5.75. The van der Waals surface area contributed by atoms with Gasteiger partial charge < -0.3 is 20.3 Å². The number of aromatic nitrogens is 2. The maximum atomic E-state index is 12.0. The van der Waals surface area contributed by atoms with E-state index in [-0.39, 0.29) is 46.2 Å². The first-order valence-electron chi connectivity index (χ1n) is 5.22. The molecule has 0 saturated heterocycles. The third kappa shape index (κ3) is 4.07. The van der Waals surface area contributed by atoms with Crippen LogP contribution < -0.4 is 40.0 Å². The number of sulfonamides is 1. The van der Waals surface area contributed by atoms with Gasteiger partial charge in [-0.1, -0.05) is 6.07 Å². The second-order valence-corrected chi connectivity index (χ2v) is 5.17. The molecule has 20 heavy (non-hydrogen) atoms. The fourth-order valence-corrected chi connectivity index (χ4v) is 2.22. The van der Waals surface area contributed by atoms with Crippen LogP contribution in [0.2, 0.25) is 0 Å². The third-order valence-corrected chi connectivity index (χ3v) is 3.52. The summed E-state index contributed by atoms with van der Waals surface area (Å²) >= 11 is 0. The van der Waals surface area contributed by atoms with Crippen molar-refractivity contribution in [2.45, 2.75) is 4.90 Å². The molecule has 0 aliphatic heterocycles. The average Bonchev–Trinajstić information content (AvgIpc) is 2.40. The van der Waals surface area contributed by atoms with Crippen LogP contribution in [-0.2, 0) is 10.0 Å². The van der Waals surface area contributed by atoms with E-state index in [0.717, 1.165) is 0 Å². The van der Waals surface area contributed by atoms with Crippen LogP contribution >= 0.6 is 0 Å². The molecule has 2 aromatic rings. The fourth-order valence-electron chi connectivity index (χ4n) is 1.29. The molecule has 9 heteroatoms. The Labute approximate surface area is 138 Å². The van der Waals surface area contributed by atoms with E-state index in [0.29, 0.717) is 5.69 Å². The number of methoxy groups -OCH3 is 1. The predicted molar refractivity (Wildman–Crippen MR) is 69.6 cm³/mol. The van der Waals surface area contributed by atoms with Gasteiger partial charge in [-0.3, -0.25) is 0 Å². The summed E-state index contributed by atoms with van der Waals surface area (Å²) in [5.41, 5.74) is 5.97. The van der Waals surface area contributed by atoms with Crippen molar-refractivity contribution in [3.63, 3.8) is 0 Å². The number of nitrogen functional groups attached to an aromatic ring is 1. The van der Waals surface area contributed by atoms with Gasteiger partial charge in [-0.05, 0) is 30.1 Å². The first kappa shape index (κ1) is 16.7. The number of nitrogens with zero attached hydrogens (tertiary/aromatic N) is 3. The molecule has 2 N–H and O–H groups in total. The second-order valence-electron chi connectivity index (χ2n) is 3.57. The molecule has 0 radical (unpaired) electrons. The van der Waals surface area contributed by atoms with E-state index >= 15 is 0 Å². The summed E-state index contributed by atoms with van der Waals surface area (Å²) in [6.45, 7) is 0. The number of rotatable bonds is 4. The van der Waals surface area contributed by atoms with Gasteiger partial charge in [-0.15, -0.1) is 0 Å². The Bertz CT molecular complexity index is 659. The smallest absolute Gasteiger partial charge is 0.481 e. The molecule has 0 aliphatic carbocycles. The van der Waals surface area contributed by atoms with E-state index in [4.69, 9.17) is 10.5 Å². The van der Waals surface area contributed by atoms with Crippen LogP contribution in [-0.4, -0.2) is 25.7 Å². The van der Waals surface area contributed by atoms with Crippen molar-refractivity contribution in [3.8, 4) is 5.88 Å². The zero-order chi connectivity index (χ0) is 13.9. The van der Waals surface area contributed by atoms with Gasteiger partial charge in [0.1, 0.15) is 0 Å². The Morgan fingerprint density at radius 3 is 2.25 bits per heavy atom. The topological polar surface area (TPSA) is 109 Å². The molecule has 100 valence electrons. The molecule has 1 heterocycles. The molecule has 0 atom stereocenters. The minimum atomic E-state index is -3.82. The average molecular weight is 302 g/mol. The van der Waals surface area contributed by atoms with Crippen molar-refractivity contribution in [1.82, 2.24) is 10.2 Å². The van der Waals surface area contributed by atoms with E-state index in [1.54, 1.807) is 0 Å². The molecule has 1 aromatic carbocycles. The minimum Gasteiger partial charge on any atom is -0.481 e. The van der Waals surface area contributed by atoms with Gasteiger partial charge in [0, 0.05) is 11.8 Å². The quantitative estimate of drug-likeness (QED) is 0.542. The van der Waals surface area contributed by atoms with Crippen molar-refractivity contribution in [2.24, 2.45) is 0 Å². The zero-order valence-electron chi connectivity index (χ0n) is 11.0. The molecule has 2 rings (SSSR count). The van der Waals surface area contributed by atoms with Crippen LogP contribution in [0.4, 0.5) is 11.5 Å². The van der Waals surface area contributed by atoms with Crippen molar-refractivity contribution in [2.75, 3.05) is 12.8 Å². The third-order valence-electron chi connectivity index (χ3n) is 2.23. The Balaban J connectivity index is 0.00000200. The standard InChI is InChI=1S/C11H11N4O3S.Na/c1-18-11-7-6-10(13-14-11)15-19(16,17)9-4-2-8(12)3-5-9;/h2-7H,12H2,1H3;/q-1;+1. The van der Waals surface area contributed by atoms with Crippen LogP contribution in [0, 0.1) is 0 Å². The minimum absolute atomic E-state index is 0. The SMILES string of the molecule is COc1ccc([N-]S(=O)(=O)c2ccc(N)cc2)nn1.[Na+]. The van der Waals surface area contributed by atoms with Crippen LogP contribution in [0.5, 0.6) is 5.88 Å². The van der Waals surface area contributed by atoms with Gasteiger partial charge in [0.05, 0.1) is 12.0 Å². The van der Waals surface area contributed by atoms with Gasteiger partial charge in [0.15, 0.2) is 0 Å². The molecule has 0 spiro atoms. The summed E-state index contributed by atoms with van der Waals surface area (Å²) in [6, 6.07) is 8.62. The Morgan fingerprint density at radius 1 is 1.10 bits per heavy atom. The fraction of sp³-hybridized carbons (Fsp3) is 0.0909. The molecule has 0 amide bonds. The molecule has 0 bridgehead atoms. The maximum absolute atomic E-state index is 12.0. The van der Waals surface area contributed by atoms with Gasteiger partial charge in [0.2, 0.25) is 15.9 Å². The van der Waals surface area contributed by atoms with Crippen LogP contribution in [0.15, 0.2) is 41.3 Å². The summed E-state index contributed by atoms with van der Waals surface area (Å²) in [6.07, 6.45) is 0. The number of ether oxygens (including phenoxy) is 1. The first-order chi connectivity index (χ1) is 9.01. The Hall–Kier alpha value is -1.35. The van der Waals surface area contributed by atoms with E-state index in [1.807, 2.05) is 0 Å². The van der Waals surface area contributed by atoms with Crippen molar-refractivity contribution >= 4 is 21.5 Å². The number of hydrogen-bond donors (Lipinski definition) is 1. The molecule has 1 aromatic heterocycles. The number of hydrogen-bond acceptors (Lipinski definition) is 6. The monoisotopic (exact) mass is 302 g/mol. The molecule has 0 unspecified atom stereocenters. The van der Waals surface area contributed by atoms with Gasteiger partial charge in [-0.25, -0.2) is 13.5 Å². The second kappa shape index (κ2) is 6.89. The summed E-state index contributed by atoms with van der Waals surface area (Å²) < 4.78 is 32.3. The molecular weight excluding hydrogens is 291 g/mol. The molecule has 0 aliphatic rings. The van der Waals surface area contributed by atoms with Crippen LogP contribution in [0.1, 0.15) is 0 Å². The van der Waals surface area contributed by atoms with Crippen molar-refractivity contribution < 1.29 is 42.7 Å². The molecular formula is C11H11N4NaO3S. The Morgan fingerprint density at radius 2 is 1.75 bits per heavy atom. The van der Waals surface area contributed by atoms with E-state index in [9.17, 15) is 8.42 Å². The van der Waals surface area contributed by atoms with Crippen LogP contribution in [0.3, 0.4) is 0 Å².